The van der Waals surface area contributed by atoms with Gasteiger partial charge in [0, 0.05) is 44.5 Å². The van der Waals surface area contributed by atoms with Crippen molar-refractivity contribution in [1.29, 1.82) is 0 Å². The van der Waals surface area contributed by atoms with Crippen molar-refractivity contribution >= 4 is 23.5 Å². The molecule has 1 heterocycles. The summed E-state index contributed by atoms with van der Waals surface area (Å²) in [5.41, 5.74) is 7.87. The zero-order valence-electron chi connectivity index (χ0n) is 23.6. The second kappa shape index (κ2) is 13.7. The molecule has 39 heavy (non-hydrogen) atoms. The van der Waals surface area contributed by atoms with Gasteiger partial charge in [0.2, 0.25) is 11.8 Å². The first-order valence-corrected chi connectivity index (χ1v) is 13.2. The highest BCUT2D eigenvalue weighted by Crippen LogP contribution is 2.34. The fourth-order valence-corrected chi connectivity index (χ4v) is 4.45. The van der Waals surface area contributed by atoms with E-state index >= 15 is 0 Å². The number of primary amides is 1. The molecule has 0 saturated carbocycles. The van der Waals surface area contributed by atoms with E-state index in [4.69, 9.17) is 19.9 Å². The van der Waals surface area contributed by atoms with Gasteiger partial charge in [0.05, 0.1) is 39.7 Å². The first kappa shape index (κ1) is 29.6. The number of carbonyl (C=O) groups excluding carboxylic acids is 3. The summed E-state index contributed by atoms with van der Waals surface area (Å²) in [6.45, 7) is 3.22. The third-order valence-corrected chi connectivity index (χ3v) is 6.78. The number of nitrogens with two attached hydrogens (primary N) is 1. The van der Waals surface area contributed by atoms with Gasteiger partial charge in [0.25, 0.3) is 0 Å². The van der Waals surface area contributed by atoms with Crippen LogP contribution in [0.3, 0.4) is 0 Å². The SMILES string of the molecule is CCCCCOc1cc(N2CC(C(N)=O)CN(Cc3ccc(CC(=O)N(C)C)cc3OC)C2=O)ccc1OC. The zero-order chi connectivity index (χ0) is 28.5. The number of hydrogen-bond donors (Lipinski definition) is 1. The van der Waals surface area contributed by atoms with E-state index in [2.05, 4.69) is 6.92 Å². The van der Waals surface area contributed by atoms with Gasteiger partial charge < -0.3 is 29.7 Å². The summed E-state index contributed by atoms with van der Waals surface area (Å²) in [4.78, 5) is 42.8. The van der Waals surface area contributed by atoms with Crippen molar-refractivity contribution in [3.8, 4) is 17.2 Å². The molecular weight excluding hydrogens is 500 g/mol. The summed E-state index contributed by atoms with van der Waals surface area (Å²) in [5.74, 6) is 0.598. The van der Waals surface area contributed by atoms with E-state index in [0.717, 1.165) is 30.4 Å². The average molecular weight is 541 g/mol. The number of unbranched alkanes of at least 4 members (excludes halogenated alkanes) is 2. The number of amides is 4. The van der Waals surface area contributed by atoms with Gasteiger partial charge in [-0.15, -0.1) is 0 Å². The Balaban J connectivity index is 1.86. The van der Waals surface area contributed by atoms with Crippen LogP contribution in [0.15, 0.2) is 36.4 Å². The number of likely N-dealkylation sites (N-methyl/N-ethyl adjacent to an activating group) is 1. The number of hydrogen-bond acceptors (Lipinski definition) is 6. The first-order chi connectivity index (χ1) is 18.7. The van der Waals surface area contributed by atoms with E-state index in [0.29, 0.717) is 29.5 Å². The van der Waals surface area contributed by atoms with Gasteiger partial charge in [-0.2, -0.15) is 0 Å². The molecule has 10 heteroatoms. The summed E-state index contributed by atoms with van der Waals surface area (Å²) in [7, 11) is 6.54. The molecule has 10 nitrogen and oxygen atoms in total. The van der Waals surface area contributed by atoms with Gasteiger partial charge in [-0.05, 0) is 30.2 Å². The minimum atomic E-state index is -0.568. The van der Waals surface area contributed by atoms with E-state index in [9.17, 15) is 14.4 Å². The Morgan fingerprint density at radius 3 is 2.38 bits per heavy atom. The lowest BCUT2D eigenvalue weighted by Gasteiger charge is -2.39. The Hall–Kier alpha value is -3.95. The van der Waals surface area contributed by atoms with Crippen LogP contribution < -0.4 is 24.8 Å². The van der Waals surface area contributed by atoms with E-state index in [1.807, 2.05) is 12.1 Å². The van der Waals surface area contributed by atoms with Crippen molar-refractivity contribution in [3.63, 3.8) is 0 Å². The van der Waals surface area contributed by atoms with Crippen LogP contribution in [0.2, 0.25) is 0 Å². The molecular formula is C29H40N4O6. The van der Waals surface area contributed by atoms with Crippen molar-refractivity contribution in [2.75, 3.05) is 52.9 Å². The highest BCUT2D eigenvalue weighted by atomic mass is 16.5. The van der Waals surface area contributed by atoms with Gasteiger partial charge in [-0.1, -0.05) is 31.9 Å². The van der Waals surface area contributed by atoms with Crippen LogP contribution in [0.5, 0.6) is 17.2 Å². The van der Waals surface area contributed by atoms with Crippen LogP contribution in [0, 0.1) is 5.92 Å². The fraction of sp³-hybridized carbons (Fsp3) is 0.483. The molecule has 1 saturated heterocycles. The van der Waals surface area contributed by atoms with Crippen LogP contribution in [0.1, 0.15) is 37.3 Å². The maximum absolute atomic E-state index is 13.7. The van der Waals surface area contributed by atoms with Crippen LogP contribution in [0.25, 0.3) is 0 Å². The summed E-state index contributed by atoms with van der Waals surface area (Å²) >= 11 is 0. The highest BCUT2D eigenvalue weighted by molar-refractivity contribution is 5.95. The molecule has 2 N–H and O–H groups in total. The number of rotatable bonds is 13. The molecule has 0 spiro atoms. The second-order valence-corrected chi connectivity index (χ2v) is 9.87. The molecule has 1 unspecified atom stereocenters. The van der Waals surface area contributed by atoms with Crippen LogP contribution in [-0.4, -0.2) is 75.7 Å². The summed E-state index contributed by atoms with van der Waals surface area (Å²) in [6.07, 6.45) is 3.28. The van der Waals surface area contributed by atoms with Crippen LogP contribution in [0.4, 0.5) is 10.5 Å². The van der Waals surface area contributed by atoms with Crippen molar-refractivity contribution in [2.24, 2.45) is 11.7 Å². The molecule has 0 aromatic heterocycles. The van der Waals surface area contributed by atoms with Crippen molar-refractivity contribution < 1.29 is 28.6 Å². The van der Waals surface area contributed by atoms with Crippen molar-refractivity contribution in [2.45, 2.75) is 39.2 Å². The van der Waals surface area contributed by atoms with Gasteiger partial charge in [-0.3, -0.25) is 14.5 Å². The number of ether oxygens (including phenoxy) is 3. The Kier molecular flexibility index (Phi) is 10.4. The molecule has 0 aliphatic carbocycles. The molecule has 4 amide bonds. The van der Waals surface area contributed by atoms with Gasteiger partial charge in [0.1, 0.15) is 5.75 Å². The van der Waals surface area contributed by atoms with Crippen LogP contribution >= 0.6 is 0 Å². The zero-order valence-corrected chi connectivity index (χ0v) is 23.6. The Labute approximate surface area is 230 Å². The molecule has 3 rings (SSSR count). The lowest BCUT2D eigenvalue weighted by molar-refractivity contribution is -0.128. The summed E-state index contributed by atoms with van der Waals surface area (Å²) in [5, 5.41) is 0. The predicted molar refractivity (Wildman–Crippen MR) is 149 cm³/mol. The van der Waals surface area contributed by atoms with E-state index < -0.39 is 11.8 Å². The molecule has 1 aliphatic heterocycles. The van der Waals surface area contributed by atoms with Gasteiger partial charge >= 0.3 is 6.03 Å². The number of benzene rings is 2. The highest BCUT2D eigenvalue weighted by Gasteiger charge is 2.36. The van der Waals surface area contributed by atoms with Crippen molar-refractivity contribution in [3.05, 3.63) is 47.5 Å². The third-order valence-electron chi connectivity index (χ3n) is 6.78. The number of urea groups is 1. The maximum atomic E-state index is 13.7. The monoisotopic (exact) mass is 540 g/mol. The summed E-state index contributed by atoms with van der Waals surface area (Å²) in [6, 6.07) is 10.5. The van der Waals surface area contributed by atoms with E-state index in [-0.39, 0.29) is 38.0 Å². The summed E-state index contributed by atoms with van der Waals surface area (Å²) < 4.78 is 17.0. The molecule has 1 fully saturated rings. The van der Waals surface area contributed by atoms with E-state index in [1.54, 1.807) is 62.4 Å². The normalized spacial score (nSPS) is 15.2. The van der Waals surface area contributed by atoms with Crippen LogP contribution in [-0.2, 0) is 22.6 Å². The molecule has 0 bridgehead atoms. The third kappa shape index (κ3) is 7.55. The Morgan fingerprint density at radius 1 is 1.00 bits per heavy atom. The first-order valence-electron chi connectivity index (χ1n) is 13.2. The largest absolute Gasteiger partial charge is 0.496 e. The Bertz CT molecular complexity index is 1170. The standard InChI is InChI=1S/C29H40N4O6/c1-6-7-8-13-39-26-16-23(11-12-24(26)37-4)33-19-22(28(30)35)18-32(29(33)36)17-21-10-9-20(14-25(21)38-5)15-27(34)31(2)3/h9-12,14,16,22H,6-8,13,15,17-19H2,1-5H3,(H2,30,35). The number of carbonyl (C=O) groups is 3. The number of anilines is 1. The predicted octanol–water partition coefficient (Wildman–Crippen LogP) is 3.45. The molecule has 1 atom stereocenters. The van der Waals surface area contributed by atoms with E-state index in [1.165, 1.54) is 4.90 Å². The molecule has 0 radical (unpaired) electrons. The number of nitrogens with zero attached hydrogens (tertiary/aromatic N) is 3. The number of methoxy groups -OCH3 is 2. The lowest BCUT2D eigenvalue weighted by atomic mass is 10.0. The molecule has 212 valence electrons. The molecule has 2 aromatic rings. The minimum Gasteiger partial charge on any atom is -0.496 e. The van der Waals surface area contributed by atoms with Gasteiger partial charge in [0.15, 0.2) is 11.5 Å². The molecule has 2 aromatic carbocycles. The quantitative estimate of drug-likeness (QED) is 0.389. The smallest absolute Gasteiger partial charge is 0.324 e. The van der Waals surface area contributed by atoms with Crippen molar-refractivity contribution in [1.82, 2.24) is 9.80 Å². The maximum Gasteiger partial charge on any atom is 0.324 e. The molecule has 1 aliphatic rings. The topological polar surface area (TPSA) is 115 Å². The fourth-order valence-electron chi connectivity index (χ4n) is 4.45. The lowest BCUT2D eigenvalue weighted by Crippen LogP contribution is -2.56. The van der Waals surface area contributed by atoms with Gasteiger partial charge in [-0.25, -0.2) is 4.79 Å². The minimum absolute atomic E-state index is 0.0239. The Morgan fingerprint density at radius 2 is 1.74 bits per heavy atom. The average Bonchev–Trinajstić information content (AvgIpc) is 2.92. The second-order valence-electron chi connectivity index (χ2n) is 9.87.